The van der Waals surface area contributed by atoms with Gasteiger partial charge in [-0.15, -0.1) is 0 Å². The van der Waals surface area contributed by atoms with Crippen molar-refractivity contribution in [2.24, 2.45) is 10.7 Å². The van der Waals surface area contributed by atoms with E-state index in [1.807, 2.05) is 0 Å². The Labute approximate surface area is 165 Å². The molecule has 1 aromatic carbocycles. The number of allylic oxidation sites excluding steroid dienone is 5. The first kappa shape index (κ1) is 24.3. The van der Waals surface area contributed by atoms with E-state index < -0.39 is 29.9 Å². The monoisotopic (exact) mass is 420 g/mol. The van der Waals surface area contributed by atoms with Crippen molar-refractivity contribution in [3.05, 3.63) is 64.7 Å². The normalized spacial score (nSPS) is 14.6. The zero-order valence-electron chi connectivity index (χ0n) is 16.2. The third-order valence-corrected chi connectivity index (χ3v) is 3.66. The van der Waals surface area contributed by atoms with Crippen LogP contribution in [0.1, 0.15) is 38.3 Å². The molecule has 0 atom stereocenters. The van der Waals surface area contributed by atoms with Gasteiger partial charge in [0.05, 0.1) is 17.8 Å². The number of halogens is 6. The molecule has 0 aromatic heterocycles. The van der Waals surface area contributed by atoms with Crippen LogP contribution in [0.25, 0.3) is 0 Å². The number of alkyl halides is 5. The molecule has 0 heterocycles. The van der Waals surface area contributed by atoms with Crippen LogP contribution < -0.4 is 10.5 Å². The van der Waals surface area contributed by atoms with Gasteiger partial charge in [-0.2, -0.15) is 22.0 Å². The second-order valence-electron chi connectivity index (χ2n) is 6.01. The van der Waals surface area contributed by atoms with E-state index in [9.17, 15) is 26.3 Å². The minimum atomic E-state index is -4.77. The van der Waals surface area contributed by atoms with Crippen molar-refractivity contribution < 1.29 is 31.1 Å². The summed E-state index contributed by atoms with van der Waals surface area (Å²) in [4.78, 5) is 4.15. The van der Waals surface area contributed by atoms with Gasteiger partial charge >= 0.3 is 12.8 Å². The molecule has 29 heavy (non-hydrogen) atoms. The molecule has 0 fully saturated rings. The molecule has 0 spiro atoms. The van der Waals surface area contributed by atoms with E-state index in [0.717, 1.165) is 6.07 Å². The van der Waals surface area contributed by atoms with Crippen LogP contribution in [0.15, 0.2) is 58.5 Å². The Hall–Kier alpha value is -2.71. The van der Waals surface area contributed by atoms with Gasteiger partial charge in [0.1, 0.15) is 11.6 Å². The van der Waals surface area contributed by atoms with E-state index in [1.165, 1.54) is 25.2 Å². The van der Waals surface area contributed by atoms with Crippen molar-refractivity contribution >= 4 is 5.71 Å². The lowest BCUT2D eigenvalue weighted by Crippen LogP contribution is -2.13. The fraction of sp³-hybridized carbons (Fsp3) is 0.350. The van der Waals surface area contributed by atoms with Crippen molar-refractivity contribution in [2.45, 2.75) is 40.0 Å². The van der Waals surface area contributed by atoms with Gasteiger partial charge in [-0.3, -0.25) is 4.99 Å². The van der Waals surface area contributed by atoms with E-state index in [4.69, 9.17) is 5.73 Å². The molecule has 0 amide bonds. The maximum atomic E-state index is 14.5. The van der Waals surface area contributed by atoms with Crippen molar-refractivity contribution in [3.63, 3.8) is 0 Å². The van der Waals surface area contributed by atoms with Gasteiger partial charge in [-0.05, 0) is 50.6 Å². The van der Waals surface area contributed by atoms with Gasteiger partial charge in [0.25, 0.3) is 0 Å². The first-order valence-electron chi connectivity index (χ1n) is 8.63. The fourth-order valence-corrected chi connectivity index (χ4v) is 2.23. The lowest BCUT2D eigenvalue weighted by Gasteiger charge is -2.16. The predicted octanol–water partition coefficient (Wildman–Crippen LogP) is 6.17. The minimum Gasteiger partial charge on any atom is -0.434 e. The van der Waals surface area contributed by atoms with E-state index >= 15 is 0 Å². The number of ether oxygens (including phenoxy) is 1. The van der Waals surface area contributed by atoms with Crippen LogP contribution in [0.5, 0.6) is 5.75 Å². The highest BCUT2D eigenvalue weighted by Crippen LogP contribution is 2.35. The summed E-state index contributed by atoms with van der Waals surface area (Å²) in [5.74, 6) is -1.46. The molecule has 2 N–H and O–H groups in total. The SMILES string of the molecule is CC/C=C\C(F)=C(/C)C(=NC/C=C(\C)N)c1ccc(C(F)(F)F)cc1OC(F)F. The van der Waals surface area contributed by atoms with Crippen molar-refractivity contribution in [1.29, 1.82) is 0 Å². The van der Waals surface area contributed by atoms with E-state index in [-0.39, 0.29) is 23.4 Å². The zero-order valence-corrected chi connectivity index (χ0v) is 16.2. The van der Waals surface area contributed by atoms with Gasteiger partial charge in [0, 0.05) is 16.8 Å². The second kappa shape index (κ2) is 10.7. The van der Waals surface area contributed by atoms with Crippen LogP contribution >= 0.6 is 0 Å². The number of aliphatic imine (C=N–C) groups is 1. The van der Waals surface area contributed by atoms with Gasteiger partial charge < -0.3 is 10.5 Å². The molecular weight excluding hydrogens is 398 g/mol. The van der Waals surface area contributed by atoms with E-state index in [1.54, 1.807) is 13.8 Å². The summed E-state index contributed by atoms with van der Waals surface area (Å²) >= 11 is 0. The number of rotatable bonds is 8. The molecule has 0 aliphatic rings. The zero-order chi connectivity index (χ0) is 22.2. The Morgan fingerprint density at radius 2 is 1.90 bits per heavy atom. The minimum absolute atomic E-state index is 0.0328. The maximum Gasteiger partial charge on any atom is 0.416 e. The average Bonchev–Trinajstić information content (AvgIpc) is 2.61. The third kappa shape index (κ3) is 7.67. The smallest absolute Gasteiger partial charge is 0.416 e. The van der Waals surface area contributed by atoms with E-state index in [2.05, 4.69) is 9.73 Å². The first-order chi connectivity index (χ1) is 13.5. The Morgan fingerprint density at radius 3 is 2.41 bits per heavy atom. The molecule has 1 aromatic rings. The Morgan fingerprint density at radius 1 is 1.24 bits per heavy atom. The van der Waals surface area contributed by atoms with Gasteiger partial charge in [-0.25, -0.2) is 4.39 Å². The van der Waals surface area contributed by atoms with Gasteiger partial charge in [0.2, 0.25) is 0 Å². The second-order valence-corrected chi connectivity index (χ2v) is 6.01. The predicted molar refractivity (Wildman–Crippen MR) is 101 cm³/mol. The molecule has 0 saturated heterocycles. The standard InChI is InChI=1S/C20H22F6N2O/c1-4-5-6-16(21)13(3)18(28-10-9-12(2)27)15-8-7-14(20(24,25)26)11-17(15)29-19(22)23/h5-9,11,19H,4,10,27H2,1-3H3/b6-5-,12-9+,16-13-,28-18?. The Balaban J connectivity index is 3.66. The molecule has 0 bridgehead atoms. The molecule has 9 heteroatoms. The number of hydrogen-bond acceptors (Lipinski definition) is 3. The molecule has 3 nitrogen and oxygen atoms in total. The summed E-state index contributed by atoms with van der Waals surface area (Å²) in [5.41, 5.74) is 4.40. The van der Waals surface area contributed by atoms with Gasteiger partial charge in [0.15, 0.2) is 0 Å². The summed E-state index contributed by atoms with van der Waals surface area (Å²) in [5, 5.41) is 0. The number of benzene rings is 1. The van der Waals surface area contributed by atoms with Gasteiger partial charge in [-0.1, -0.05) is 13.0 Å². The molecule has 160 valence electrons. The van der Waals surface area contributed by atoms with Crippen LogP contribution in [0.3, 0.4) is 0 Å². The first-order valence-corrected chi connectivity index (χ1v) is 8.63. The summed E-state index contributed by atoms with van der Waals surface area (Å²) in [6.45, 7) is 1.31. The highest BCUT2D eigenvalue weighted by Gasteiger charge is 2.32. The third-order valence-electron chi connectivity index (χ3n) is 3.66. The van der Waals surface area contributed by atoms with Crippen LogP contribution in [0.4, 0.5) is 26.3 Å². The molecule has 0 aliphatic heterocycles. The largest absolute Gasteiger partial charge is 0.434 e. The number of nitrogens with two attached hydrogens (primary N) is 1. The molecule has 0 unspecified atom stereocenters. The van der Waals surface area contributed by atoms with Crippen molar-refractivity contribution in [3.8, 4) is 5.75 Å². The molecule has 1 rings (SSSR count). The average molecular weight is 420 g/mol. The Bertz CT molecular complexity index is 819. The van der Waals surface area contributed by atoms with Crippen LogP contribution in [0.2, 0.25) is 0 Å². The summed E-state index contributed by atoms with van der Waals surface area (Å²) in [6.07, 6.45) is -0.0289. The topological polar surface area (TPSA) is 47.6 Å². The maximum absolute atomic E-state index is 14.5. The highest BCUT2D eigenvalue weighted by atomic mass is 19.4. The lowest BCUT2D eigenvalue weighted by atomic mass is 9.99. The quantitative estimate of drug-likeness (QED) is 0.311. The Kier molecular flexibility index (Phi) is 9.00. The molecule has 0 aliphatic carbocycles. The number of hydrogen-bond donors (Lipinski definition) is 1. The van der Waals surface area contributed by atoms with Crippen molar-refractivity contribution in [2.75, 3.05) is 6.54 Å². The van der Waals surface area contributed by atoms with E-state index in [0.29, 0.717) is 24.3 Å². The summed E-state index contributed by atoms with van der Waals surface area (Å²) in [6, 6.07) is 2.06. The molecule has 0 radical (unpaired) electrons. The van der Waals surface area contributed by atoms with Crippen LogP contribution in [-0.2, 0) is 6.18 Å². The lowest BCUT2D eigenvalue weighted by molar-refractivity contribution is -0.138. The van der Waals surface area contributed by atoms with Crippen LogP contribution in [0, 0.1) is 0 Å². The number of nitrogens with zero attached hydrogens (tertiary/aromatic N) is 1. The van der Waals surface area contributed by atoms with Crippen molar-refractivity contribution in [1.82, 2.24) is 0 Å². The van der Waals surface area contributed by atoms with Crippen LogP contribution in [-0.4, -0.2) is 18.9 Å². The molecule has 0 saturated carbocycles. The summed E-state index contributed by atoms with van der Waals surface area (Å²) < 4.78 is 83.3. The highest BCUT2D eigenvalue weighted by molar-refractivity contribution is 6.14. The fourth-order valence-electron chi connectivity index (χ4n) is 2.23. The summed E-state index contributed by atoms with van der Waals surface area (Å²) in [7, 11) is 0. The molecular formula is C20H22F6N2O.